The van der Waals surface area contributed by atoms with Crippen LogP contribution in [0.2, 0.25) is 5.02 Å². The van der Waals surface area contributed by atoms with Crippen LogP contribution in [0.25, 0.3) is 27.6 Å². The second-order valence-electron chi connectivity index (χ2n) is 8.31. The van der Waals surface area contributed by atoms with Crippen LogP contribution in [0.3, 0.4) is 0 Å². The fraction of sp³-hybridized carbons (Fsp3) is 0.261. The maximum Gasteiger partial charge on any atom is 0.253 e. The number of nitriles is 1. The van der Waals surface area contributed by atoms with Crippen LogP contribution in [-0.2, 0) is 0 Å². The second-order valence-corrected chi connectivity index (χ2v) is 8.71. The Bertz CT molecular complexity index is 1430. The van der Waals surface area contributed by atoms with Crippen molar-refractivity contribution in [2.24, 2.45) is 0 Å². The fourth-order valence-electron chi connectivity index (χ4n) is 5.03. The Hall–Kier alpha value is -3.70. The van der Waals surface area contributed by atoms with Gasteiger partial charge in [-0.3, -0.25) is 9.78 Å². The minimum atomic E-state index is -0.227. The minimum absolute atomic E-state index is 0.0363. The van der Waals surface area contributed by atoms with Crippen molar-refractivity contribution in [3.8, 4) is 12.0 Å². The number of carbonyl (C=O) groups is 1. The summed E-state index contributed by atoms with van der Waals surface area (Å²) < 4.78 is 1.70. The molecule has 6 rings (SSSR count). The summed E-state index contributed by atoms with van der Waals surface area (Å²) in [5.74, 6) is 0.419. The second kappa shape index (κ2) is 7.18. The highest BCUT2D eigenvalue weighted by Gasteiger charge is 2.46. The van der Waals surface area contributed by atoms with Gasteiger partial charge in [0.2, 0.25) is 0 Å². The van der Waals surface area contributed by atoms with Gasteiger partial charge < -0.3 is 10.2 Å². The molecule has 0 aliphatic carbocycles. The number of halogens is 1. The highest BCUT2D eigenvalue weighted by molar-refractivity contribution is 6.34. The Morgan fingerprint density at radius 3 is 2.94 bits per heavy atom. The van der Waals surface area contributed by atoms with Crippen LogP contribution in [-0.4, -0.2) is 48.7 Å². The van der Waals surface area contributed by atoms with E-state index in [1.54, 1.807) is 35.4 Å². The molecular formula is C23H18ClN7O. The molecule has 2 bridgehead atoms. The van der Waals surface area contributed by atoms with E-state index in [0.717, 1.165) is 41.1 Å². The lowest BCUT2D eigenvalue weighted by molar-refractivity contribution is 0.0928. The molecule has 8 nitrogen and oxygen atoms in total. The molecule has 32 heavy (non-hydrogen) atoms. The zero-order chi connectivity index (χ0) is 21.8. The molecule has 1 amide bonds. The molecule has 0 radical (unpaired) electrons. The van der Waals surface area contributed by atoms with Crippen LogP contribution >= 0.6 is 11.6 Å². The van der Waals surface area contributed by atoms with Gasteiger partial charge in [-0.15, -0.1) is 0 Å². The van der Waals surface area contributed by atoms with Gasteiger partial charge in [-0.05, 0) is 49.6 Å². The molecule has 2 aliphatic heterocycles. The molecule has 4 aromatic rings. The number of pyridine rings is 2. The Balaban J connectivity index is 1.31. The van der Waals surface area contributed by atoms with Gasteiger partial charge in [-0.2, -0.15) is 10.4 Å². The molecule has 0 spiro atoms. The monoisotopic (exact) mass is 443 g/mol. The number of aromatic nitrogens is 4. The summed E-state index contributed by atoms with van der Waals surface area (Å²) in [6.07, 6.45) is 10.1. The topological polar surface area (TPSA) is 99.7 Å². The van der Waals surface area contributed by atoms with Gasteiger partial charge in [0, 0.05) is 23.0 Å². The molecule has 2 fully saturated rings. The van der Waals surface area contributed by atoms with Crippen molar-refractivity contribution in [2.75, 3.05) is 0 Å². The minimum Gasteiger partial charge on any atom is -0.347 e. The number of amides is 1. The average Bonchev–Trinajstić information content (AvgIpc) is 3.50. The molecule has 1 N–H and O–H groups in total. The van der Waals surface area contributed by atoms with Gasteiger partial charge in [0.1, 0.15) is 0 Å². The van der Waals surface area contributed by atoms with E-state index in [4.69, 9.17) is 11.6 Å². The highest BCUT2D eigenvalue weighted by Crippen LogP contribution is 2.37. The van der Waals surface area contributed by atoms with E-state index in [2.05, 4.69) is 26.6 Å². The van der Waals surface area contributed by atoms with Crippen molar-refractivity contribution < 1.29 is 4.79 Å². The molecule has 2 aliphatic rings. The lowest BCUT2D eigenvalue weighted by Crippen LogP contribution is -2.43. The number of benzene rings is 1. The first-order valence-electron chi connectivity index (χ1n) is 10.5. The van der Waals surface area contributed by atoms with Crippen LogP contribution in [0.4, 0.5) is 0 Å². The van der Waals surface area contributed by atoms with E-state index < -0.39 is 0 Å². The van der Waals surface area contributed by atoms with Crippen LogP contribution in [0, 0.1) is 11.5 Å². The van der Waals surface area contributed by atoms with E-state index in [9.17, 15) is 10.1 Å². The lowest BCUT2D eigenvalue weighted by atomic mass is 9.95. The van der Waals surface area contributed by atoms with Crippen molar-refractivity contribution in [3.05, 3.63) is 59.5 Å². The third-order valence-electron chi connectivity index (χ3n) is 6.57. The predicted octanol–water partition coefficient (Wildman–Crippen LogP) is 3.44. The highest BCUT2D eigenvalue weighted by atomic mass is 35.5. The first kappa shape index (κ1) is 19.0. The number of nitrogens with zero attached hydrogens (tertiary/aromatic N) is 6. The van der Waals surface area contributed by atoms with E-state index >= 15 is 0 Å². The number of hydrogen-bond donors (Lipinski definition) is 1. The van der Waals surface area contributed by atoms with Crippen LogP contribution in [0.5, 0.6) is 0 Å². The van der Waals surface area contributed by atoms with E-state index in [-0.39, 0.29) is 24.0 Å². The summed E-state index contributed by atoms with van der Waals surface area (Å²) in [5, 5.41) is 19.1. The smallest absolute Gasteiger partial charge is 0.253 e. The Morgan fingerprint density at radius 2 is 2.09 bits per heavy atom. The molecule has 3 atom stereocenters. The maximum atomic E-state index is 13.0. The molecule has 2 saturated heterocycles. The zero-order valence-corrected chi connectivity index (χ0v) is 17.7. The van der Waals surface area contributed by atoms with Crippen molar-refractivity contribution >= 4 is 39.3 Å². The Morgan fingerprint density at radius 1 is 1.19 bits per heavy atom. The van der Waals surface area contributed by atoms with Gasteiger partial charge in [-0.25, -0.2) is 9.67 Å². The van der Waals surface area contributed by atoms with E-state index in [1.807, 2.05) is 23.1 Å². The van der Waals surface area contributed by atoms with Crippen LogP contribution < -0.4 is 5.32 Å². The molecule has 0 saturated carbocycles. The normalized spacial score (nSPS) is 21.9. The largest absolute Gasteiger partial charge is 0.347 e. The van der Waals surface area contributed by atoms with Crippen molar-refractivity contribution in [2.45, 2.75) is 37.4 Å². The Labute approximate surface area is 188 Å². The van der Waals surface area contributed by atoms with E-state index in [1.165, 1.54) is 0 Å². The maximum absolute atomic E-state index is 13.0. The molecule has 9 heteroatoms. The third kappa shape index (κ3) is 2.89. The summed E-state index contributed by atoms with van der Waals surface area (Å²) in [7, 11) is 0. The number of nitrogens with one attached hydrogen (secondary N) is 1. The number of rotatable bonds is 3. The number of carbonyl (C=O) groups excluding carboxylic acids is 1. The number of fused-ring (bicyclic) bond motifs is 4. The van der Waals surface area contributed by atoms with Gasteiger partial charge in [0.05, 0.1) is 46.1 Å². The first-order chi connectivity index (χ1) is 15.6. The van der Waals surface area contributed by atoms with Crippen molar-refractivity contribution in [3.63, 3.8) is 0 Å². The SMILES string of the molecule is N#CN1[C@H]2CC[C@@H]1[C@H](NC(=O)c1cc3cnn(-c4ccc5ccncc5n4)c3cc1Cl)C2. The molecule has 1 aromatic carbocycles. The fourth-order valence-corrected chi connectivity index (χ4v) is 5.27. The summed E-state index contributed by atoms with van der Waals surface area (Å²) in [5.41, 5.74) is 1.94. The molecule has 0 unspecified atom stereocenters. The third-order valence-corrected chi connectivity index (χ3v) is 6.88. The lowest BCUT2D eigenvalue weighted by Gasteiger charge is -2.22. The molecule has 3 aromatic heterocycles. The molecule has 5 heterocycles. The molecular weight excluding hydrogens is 426 g/mol. The van der Waals surface area contributed by atoms with Gasteiger partial charge in [0.15, 0.2) is 12.0 Å². The average molecular weight is 444 g/mol. The van der Waals surface area contributed by atoms with Crippen LogP contribution in [0.15, 0.2) is 48.9 Å². The summed E-state index contributed by atoms with van der Waals surface area (Å²) >= 11 is 6.53. The Kier molecular flexibility index (Phi) is 4.26. The van der Waals surface area contributed by atoms with Gasteiger partial charge in [-0.1, -0.05) is 11.6 Å². The first-order valence-corrected chi connectivity index (χ1v) is 10.9. The van der Waals surface area contributed by atoms with Gasteiger partial charge >= 0.3 is 0 Å². The summed E-state index contributed by atoms with van der Waals surface area (Å²) in [6.45, 7) is 0. The van der Waals surface area contributed by atoms with E-state index in [0.29, 0.717) is 16.4 Å². The quantitative estimate of drug-likeness (QED) is 0.487. The molecule has 158 valence electrons. The van der Waals surface area contributed by atoms with Gasteiger partial charge in [0.25, 0.3) is 5.91 Å². The summed E-state index contributed by atoms with van der Waals surface area (Å²) in [4.78, 5) is 23.6. The van der Waals surface area contributed by atoms with Crippen LogP contribution in [0.1, 0.15) is 29.6 Å². The van der Waals surface area contributed by atoms with Crippen molar-refractivity contribution in [1.29, 1.82) is 5.26 Å². The zero-order valence-electron chi connectivity index (χ0n) is 16.9. The standard InChI is InChI=1S/C23H18ClN7O/c24-17-9-21-14(10-27-31(21)22-4-1-13-5-6-26-11-19(13)28-22)7-16(17)23(32)29-18-8-15-2-3-20(18)30(15)12-25/h1,4-7,9-11,15,18,20H,2-3,8H2,(H,29,32)/t15-,18+,20+/m0/s1. The number of hydrogen-bond acceptors (Lipinski definition) is 6. The van der Waals surface area contributed by atoms with Crippen molar-refractivity contribution in [1.82, 2.24) is 30.0 Å². The summed E-state index contributed by atoms with van der Waals surface area (Å²) in [6, 6.07) is 9.54. The predicted molar refractivity (Wildman–Crippen MR) is 119 cm³/mol.